The lowest BCUT2D eigenvalue weighted by atomic mass is 9.74. The fourth-order valence-electron chi connectivity index (χ4n) is 9.35. The maximum absolute atomic E-state index is 13.7. The molecule has 7 rings (SSSR count). The largest absolute Gasteiger partial charge is 0.491 e. The molecule has 1 aliphatic heterocycles. The number of carboxylic acid groups (broad SMARTS) is 1. The van der Waals surface area contributed by atoms with Gasteiger partial charge in [0.1, 0.15) is 30.8 Å². The van der Waals surface area contributed by atoms with Gasteiger partial charge in [0.25, 0.3) is 17.4 Å². The van der Waals surface area contributed by atoms with Crippen molar-refractivity contribution in [1.82, 2.24) is 25.5 Å². The molecule has 3 aromatic carbocycles. The van der Waals surface area contributed by atoms with E-state index in [1.807, 2.05) is 33.8 Å². The number of H-pyrrole nitrogens is 1. The molecule has 32 heteroatoms. The number of azide groups is 1. The number of aromatic amines is 1. The normalized spacial score (nSPS) is 17.7. The van der Waals surface area contributed by atoms with E-state index in [1.54, 1.807) is 24.3 Å². The number of aryl methyl sites for hydroxylation is 1. The Morgan fingerprint density at radius 3 is 2.42 bits per heavy atom. The van der Waals surface area contributed by atoms with Crippen LogP contribution in [0.25, 0.3) is 16.0 Å². The van der Waals surface area contributed by atoms with Crippen LogP contribution in [0.15, 0.2) is 109 Å². The van der Waals surface area contributed by atoms with Crippen LogP contribution >= 0.6 is 24.0 Å². The SMILES string of the molecule is CC/N=C1/C=C2Cc3cc(NCC)c(C)cc3C(c3cc(C(=O)NCCNC(=O)c4cccc(OCC(N=[N+]=[N-])OCCOCC(=O)NCC#Cc5cn([C@H]6CC[C@@H](COP(=O)(O)OP(=O)(O)OP(C)O)O6)c(=O)[nH]c5=O)c4)ccc3C(=O)O)=C2C=C1C. The smallest absolute Gasteiger partial charge is 0.486 e. The van der Waals surface area contributed by atoms with E-state index in [1.165, 1.54) is 18.2 Å². The first kappa shape index (κ1) is 67.6. The number of nitrogens with one attached hydrogen (secondary N) is 5. The highest BCUT2D eigenvalue weighted by Gasteiger charge is 2.39. The van der Waals surface area contributed by atoms with Gasteiger partial charge in [0, 0.05) is 60.8 Å². The number of carbonyl (C=O) groups is 4. The average Bonchev–Trinajstić information content (AvgIpc) is 1.34. The number of ether oxygens (including phenoxy) is 4. The summed E-state index contributed by atoms with van der Waals surface area (Å²) in [5, 5.41) is 25.5. The van der Waals surface area contributed by atoms with Gasteiger partial charge in [-0.2, -0.15) is 4.31 Å². The molecule has 468 valence electrons. The maximum Gasteiger partial charge on any atom is 0.486 e. The first-order valence-corrected chi connectivity index (χ1v) is 32.0. The molecule has 2 heterocycles. The highest BCUT2D eigenvalue weighted by atomic mass is 31.3. The third-order valence-corrected chi connectivity index (χ3v) is 17.1. The predicted molar refractivity (Wildman–Crippen MR) is 322 cm³/mol. The first-order chi connectivity index (χ1) is 42.0. The molecular weight excluding hydrogens is 1210 g/mol. The standard InChI is InChI=1S/C56H65N10O19P3/c1-6-58-46-27-38-24-39-28-47(59-7-2)34(4)23-44(39)51(43(38)22-33(46)3)45-26-36(13-15-42(45)55(71)72)53(69)62-19-18-61-52(68)35-10-8-12-40(25-35)81-32-49(64-65-57)80-21-20-79-31-48(67)60-17-9-11-37-29-66(56(73)63-54(37)70)50-16-14-41(83-50)30-82-87(75,76)85-88(77,78)84-86(5)74/h8,10,12-13,15,22-23,25-29,41,49-50,58,74H,6-7,14,16-21,24,30-32H2,1-5H3,(H,60,67)(H,61,68)(H,62,69)(H,71,72)(H,75,76)(H,77,78)(H,63,70,73)/b59-47-/t41-,49?,50+,86?/m0/s1. The second-order valence-electron chi connectivity index (χ2n) is 19.6. The fraction of sp³-hybridized carbons (Fsp3) is 0.375. The molecular formula is C56H65N10O19P3. The number of fused-ring (bicyclic) bond motifs is 2. The summed E-state index contributed by atoms with van der Waals surface area (Å²) in [4.78, 5) is 115. The first-order valence-electron chi connectivity index (χ1n) is 27.3. The minimum Gasteiger partial charge on any atom is -0.491 e. The van der Waals surface area contributed by atoms with E-state index < -0.39 is 90.7 Å². The van der Waals surface area contributed by atoms with E-state index >= 15 is 0 Å². The van der Waals surface area contributed by atoms with Crippen molar-refractivity contribution >= 4 is 64.7 Å². The van der Waals surface area contributed by atoms with Gasteiger partial charge in [0.2, 0.25) is 5.91 Å². The van der Waals surface area contributed by atoms with E-state index in [-0.39, 0.29) is 80.3 Å². The molecule has 1 aromatic heterocycles. The number of aliphatic imine (C=N–C) groups is 1. The Morgan fingerprint density at radius 1 is 0.966 bits per heavy atom. The number of phosphoric ester groups is 1. The molecule has 88 heavy (non-hydrogen) atoms. The molecule has 1 saturated heterocycles. The van der Waals surface area contributed by atoms with E-state index in [2.05, 4.69) is 79.9 Å². The van der Waals surface area contributed by atoms with Crippen LogP contribution in [0.5, 0.6) is 5.75 Å². The molecule has 3 aliphatic rings. The van der Waals surface area contributed by atoms with Crippen molar-refractivity contribution < 1.29 is 80.2 Å². The van der Waals surface area contributed by atoms with Gasteiger partial charge in [-0.3, -0.25) is 38.2 Å². The van der Waals surface area contributed by atoms with Crippen LogP contribution in [0.3, 0.4) is 0 Å². The molecule has 0 bridgehead atoms. The Balaban J connectivity index is 0.841. The van der Waals surface area contributed by atoms with Gasteiger partial charge in [-0.05, 0) is 158 Å². The summed E-state index contributed by atoms with van der Waals surface area (Å²) in [6, 6.07) is 14.8. The molecule has 4 unspecified atom stereocenters. The topological polar surface area (TPSA) is 412 Å². The van der Waals surface area contributed by atoms with Gasteiger partial charge in [-0.25, -0.2) is 23.0 Å². The number of benzene rings is 3. The Hall–Kier alpha value is -7.89. The van der Waals surface area contributed by atoms with E-state index in [0.29, 0.717) is 24.1 Å². The molecule has 0 spiro atoms. The molecule has 9 N–H and O–H groups in total. The number of hydrogen-bond donors (Lipinski definition) is 9. The molecule has 29 nitrogen and oxygen atoms in total. The van der Waals surface area contributed by atoms with Crippen molar-refractivity contribution in [2.24, 2.45) is 10.1 Å². The molecule has 2 aliphatic carbocycles. The van der Waals surface area contributed by atoms with Crippen LogP contribution in [-0.2, 0) is 47.7 Å². The lowest BCUT2D eigenvalue weighted by molar-refractivity contribution is -0.126. The van der Waals surface area contributed by atoms with Crippen molar-refractivity contribution in [2.45, 2.75) is 65.5 Å². The van der Waals surface area contributed by atoms with E-state index in [0.717, 1.165) is 68.8 Å². The summed E-state index contributed by atoms with van der Waals surface area (Å²) in [5.41, 5.74) is 16.3. The Bertz CT molecular complexity index is 3790. The lowest BCUT2D eigenvalue weighted by Gasteiger charge is -2.30. The number of aromatic carboxylic acids is 1. The number of hydrogen-bond acceptors (Lipinski definition) is 19. The molecule has 4 aromatic rings. The number of carboxylic acids is 1. The monoisotopic (exact) mass is 1270 g/mol. The van der Waals surface area contributed by atoms with Crippen molar-refractivity contribution in [3.05, 3.63) is 165 Å². The number of rotatable bonds is 29. The van der Waals surface area contributed by atoms with Gasteiger partial charge >= 0.3 is 27.3 Å². The second-order valence-corrected chi connectivity index (χ2v) is 24.0. The maximum atomic E-state index is 13.7. The van der Waals surface area contributed by atoms with Crippen LogP contribution in [0, 0.1) is 18.8 Å². The van der Waals surface area contributed by atoms with Gasteiger partial charge in [-0.15, -0.1) is 0 Å². The number of anilines is 1. The van der Waals surface area contributed by atoms with Crippen molar-refractivity contribution in [2.75, 3.05) is 77.7 Å². The van der Waals surface area contributed by atoms with Crippen LogP contribution < -0.4 is 37.3 Å². The molecule has 6 atom stereocenters. The van der Waals surface area contributed by atoms with Crippen molar-refractivity contribution in [1.29, 1.82) is 0 Å². The van der Waals surface area contributed by atoms with Crippen molar-refractivity contribution in [3.63, 3.8) is 0 Å². The quantitative estimate of drug-likeness (QED) is 0.00760. The molecule has 0 radical (unpaired) electrons. The highest BCUT2D eigenvalue weighted by Crippen LogP contribution is 2.64. The molecule has 0 saturated carbocycles. The van der Waals surface area contributed by atoms with Gasteiger partial charge in [0.15, 0.2) is 14.6 Å². The van der Waals surface area contributed by atoms with Crippen LogP contribution in [0.4, 0.5) is 5.69 Å². The van der Waals surface area contributed by atoms with Crippen LogP contribution in [-0.4, -0.2) is 143 Å². The summed E-state index contributed by atoms with van der Waals surface area (Å²) in [5.74, 6) is 2.68. The van der Waals surface area contributed by atoms with Gasteiger partial charge < -0.3 is 60.0 Å². The minimum atomic E-state index is -5.16. The number of amides is 3. The summed E-state index contributed by atoms with van der Waals surface area (Å²) in [6.45, 7) is 8.57. The predicted octanol–water partition coefficient (Wildman–Crippen LogP) is 5.92. The summed E-state index contributed by atoms with van der Waals surface area (Å²) in [7, 11) is -12.7. The Kier molecular flexibility index (Phi) is 24.1. The van der Waals surface area contributed by atoms with Crippen LogP contribution in [0.2, 0.25) is 0 Å². The molecule has 3 amide bonds. The van der Waals surface area contributed by atoms with Crippen molar-refractivity contribution in [3.8, 4) is 17.6 Å². The number of allylic oxidation sites excluding steroid dienone is 5. The Morgan fingerprint density at radius 2 is 1.72 bits per heavy atom. The van der Waals surface area contributed by atoms with Gasteiger partial charge in [0.05, 0.1) is 43.7 Å². The van der Waals surface area contributed by atoms with E-state index in [9.17, 15) is 52.8 Å². The zero-order chi connectivity index (χ0) is 63.7. The van der Waals surface area contributed by atoms with Gasteiger partial charge in [-0.1, -0.05) is 23.0 Å². The lowest BCUT2D eigenvalue weighted by Crippen LogP contribution is -2.34. The highest BCUT2D eigenvalue weighted by molar-refractivity contribution is 7.66. The third kappa shape index (κ3) is 18.8. The summed E-state index contributed by atoms with van der Waals surface area (Å²) in [6.07, 6.45) is 3.16. The fourth-order valence-corrected chi connectivity index (χ4v) is 12.5. The van der Waals surface area contributed by atoms with Crippen LogP contribution in [0.1, 0.15) is 98.7 Å². The number of phosphoric acid groups is 2. The zero-order valence-corrected chi connectivity index (χ0v) is 51.0. The number of aromatic nitrogens is 2. The number of carbonyl (C=O) groups excluding carboxylic acids is 3. The summed E-state index contributed by atoms with van der Waals surface area (Å²) >= 11 is 0. The molecule has 1 fully saturated rings. The zero-order valence-electron chi connectivity index (χ0n) is 48.3. The Labute approximate surface area is 505 Å². The summed E-state index contributed by atoms with van der Waals surface area (Å²) < 4.78 is 60.4. The average molecular weight is 1280 g/mol. The minimum absolute atomic E-state index is 0.0292. The van der Waals surface area contributed by atoms with E-state index in [4.69, 9.17) is 33.9 Å². The second kappa shape index (κ2) is 31.3. The third-order valence-electron chi connectivity index (χ3n) is 13.2. The number of nitrogens with zero attached hydrogens (tertiary/aromatic N) is 5.